The van der Waals surface area contributed by atoms with Gasteiger partial charge in [-0.25, -0.2) is 9.18 Å². The van der Waals surface area contributed by atoms with Gasteiger partial charge >= 0.3 is 5.69 Å². The molecule has 0 bridgehead atoms. The quantitative estimate of drug-likeness (QED) is 0.704. The third-order valence-corrected chi connectivity index (χ3v) is 4.09. The average Bonchev–Trinajstić information content (AvgIpc) is 2.69. The predicted molar refractivity (Wildman–Crippen MR) is 102 cm³/mol. The van der Waals surface area contributed by atoms with Gasteiger partial charge in [0.25, 0.3) is 5.56 Å². The highest BCUT2D eigenvalue weighted by molar-refractivity contribution is 5.92. The van der Waals surface area contributed by atoms with Gasteiger partial charge < -0.3 is 10.1 Å². The number of nitrogens with zero attached hydrogens (tertiary/aromatic N) is 2. The minimum absolute atomic E-state index is 0.146. The van der Waals surface area contributed by atoms with Crippen molar-refractivity contribution in [3.05, 3.63) is 93.0 Å². The number of halogens is 1. The lowest BCUT2D eigenvalue weighted by Crippen LogP contribution is -2.41. The van der Waals surface area contributed by atoms with E-state index in [0.717, 1.165) is 4.57 Å². The highest BCUT2D eigenvalue weighted by Crippen LogP contribution is 2.22. The van der Waals surface area contributed by atoms with Crippen molar-refractivity contribution in [3.8, 4) is 5.75 Å². The SMILES string of the molecule is COc1ccccc1NC(=O)Cn1c(=O)ccn(Cc2ccc(F)cc2)c1=O. The van der Waals surface area contributed by atoms with Crippen LogP contribution in [0.4, 0.5) is 10.1 Å². The minimum atomic E-state index is -0.632. The summed E-state index contributed by atoms with van der Waals surface area (Å²) >= 11 is 0. The van der Waals surface area contributed by atoms with Crippen LogP contribution in [0, 0.1) is 5.82 Å². The number of nitrogens with one attached hydrogen (secondary N) is 1. The molecule has 2 aromatic carbocycles. The number of amides is 1. The van der Waals surface area contributed by atoms with Crippen LogP contribution >= 0.6 is 0 Å². The van der Waals surface area contributed by atoms with Crippen LogP contribution in [0.2, 0.25) is 0 Å². The van der Waals surface area contributed by atoms with Crippen LogP contribution in [0.1, 0.15) is 5.56 Å². The zero-order valence-corrected chi connectivity index (χ0v) is 15.1. The summed E-state index contributed by atoms with van der Waals surface area (Å²) in [7, 11) is 1.47. The Morgan fingerprint density at radius 1 is 1.07 bits per heavy atom. The van der Waals surface area contributed by atoms with Crippen LogP contribution in [0.5, 0.6) is 5.75 Å². The van der Waals surface area contributed by atoms with Gasteiger partial charge in [-0.15, -0.1) is 0 Å². The fourth-order valence-electron chi connectivity index (χ4n) is 2.69. The molecule has 7 nitrogen and oxygen atoms in total. The van der Waals surface area contributed by atoms with Gasteiger partial charge in [-0.2, -0.15) is 0 Å². The Morgan fingerprint density at radius 2 is 1.79 bits per heavy atom. The van der Waals surface area contributed by atoms with E-state index in [4.69, 9.17) is 4.74 Å². The monoisotopic (exact) mass is 383 g/mol. The first-order valence-electron chi connectivity index (χ1n) is 8.45. The van der Waals surface area contributed by atoms with E-state index in [1.165, 1.54) is 36.1 Å². The second kappa shape index (κ2) is 8.34. The number of carbonyl (C=O) groups excluding carboxylic acids is 1. The minimum Gasteiger partial charge on any atom is -0.495 e. The highest BCUT2D eigenvalue weighted by atomic mass is 19.1. The van der Waals surface area contributed by atoms with Crippen molar-refractivity contribution in [2.75, 3.05) is 12.4 Å². The Balaban J connectivity index is 1.81. The second-order valence-electron chi connectivity index (χ2n) is 6.03. The van der Waals surface area contributed by atoms with Crippen molar-refractivity contribution < 1.29 is 13.9 Å². The second-order valence-corrected chi connectivity index (χ2v) is 6.03. The molecule has 0 radical (unpaired) electrons. The van der Waals surface area contributed by atoms with E-state index in [2.05, 4.69) is 5.32 Å². The molecule has 0 aliphatic rings. The van der Waals surface area contributed by atoms with E-state index in [9.17, 15) is 18.8 Å². The molecule has 0 spiro atoms. The third kappa shape index (κ3) is 4.35. The number of methoxy groups -OCH3 is 1. The molecule has 0 saturated carbocycles. The van der Waals surface area contributed by atoms with Gasteiger partial charge in [-0.05, 0) is 29.8 Å². The number of rotatable bonds is 6. The predicted octanol–water partition coefficient (Wildman–Crippen LogP) is 1.84. The Hall–Kier alpha value is -3.68. The molecular weight excluding hydrogens is 365 g/mol. The Kier molecular flexibility index (Phi) is 5.69. The van der Waals surface area contributed by atoms with Crippen LogP contribution in [-0.4, -0.2) is 22.2 Å². The Morgan fingerprint density at radius 3 is 2.50 bits per heavy atom. The van der Waals surface area contributed by atoms with Crippen molar-refractivity contribution in [2.24, 2.45) is 0 Å². The number of para-hydroxylation sites is 2. The number of ether oxygens (including phenoxy) is 1. The summed E-state index contributed by atoms with van der Waals surface area (Å²) in [6.45, 7) is -0.298. The summed E-state index contributed by atoms with van der Waals surface area (Å²) in [6, 6.07) is 13.7. The molecule has 1 aromatic heterocycles. The largest absolute Gasteiger partial charge is 0.495 e. The van der Waals surface area contributed by atoms with Crippen LogP contribution in [0.25, 0.3) is 0 Å². The molecule has 3 aromatic rings. The van der Waals surface area contributed by atoms with Crippen LogP contribution in [0.15, 0.2) is 70.4 Å². The lowest BCUT2D eigenvalue weighted by molar-refractivity contribution is -0.116. The average molecular weight is 383 g/mol. The lowest BCUT2D eigenvalue weighted by atomic mass is 10.2. The molecule has 0 saturated heterocycles. The molecule has 1 heterocycles. The van der Waals surface area contributed by atoms with Gasteiger partial charge in [0.15, 0.2) is 0 Å². The maximum Gasteiger partial charge on any atom is 0.331 e. The van der Waals surface area contributed by atoms with Crippen molar-refractivity contribution in [1.29, 1.82) is 0 Å². The van der Waals surface area contributed by atoms with Gasteiger partial charge in [0.05, 0.1) is 19.3 Å². The molecule has 1 N–H and O–H groups in total. The van der Waals surface area contributed by atoms with Crippen molar-refractivity contribution in [3.63, 3.8) is 0 Å². The molecular formula is C20H18FN3O4. The third-order valence-electron chi connectivity index (χ3n) is 4.09. The van der Waals surface area contributed by atoms with Gasteiger partial charge in [-0.1, -0.05) is 24.3 Å². The molecule has 144 valence electrons. The number of benzene rings is 2. The maximum absolute atomic E-state index is 13.0. The van der Waals surface area contributed by atoms with Crippen molar-refractivity contribution >= 4 is 11.6 Å². The van der Waals surface area contributed by atoms with Crippen molar-refractivity contribution in [1.82, 2.24) is 9.13 Å². The standard InChI is InChI=1S/C20H18FN3O4/c1-28-17-5-3-2-4-16(17)22-18(25)13-24-19(26)10-11-23(20(24)27)12-14-6-8-15(21)9-7-14/h2-11H,12-13H2,1H3,(H,22,25). The summed E-state index contributed by atoms with van der Waals surface area (Å²) in [5.41, 5.74) is -0.0969. The summed E-state index contributed by atoms with van der Waals surface area (Å²) in [6.07, 6.45) is 1.35. The number of carbonyl (C=O) groups is 1. The van der Waals surface area contributed by atoms with Gasteiger partial charge in [0.1, 0.15) is 18.1 Å². The first-order valence-corrected chi connectivity index (χ1v) is 8.45. The fourth-order valence-corrected chi connectivity index (χ4v) is 2.69. The normalized spacial score (nSPS) is 10.5. The zero-order valence-electron chi connectivity index (χ0n) is 15.1. The first-order chi connectivity index (χ1) is 13.5. The van der Waals surface area contributed by atoms with Gasteiger partial charge in [0, 0.05) is 12.3 Å². The fraction of sp³-hybridized carbons (Fsp3) is 0.150. The Bertz CT molecular complexity index is 1100. The van der Waals surface area contributed by atoms with E-state index in [0.29, 0.717) is 17.0 Å². The van der Waals surface area contributed by atoms with E-state index in [1.807, 2.05) is 0 Å². The number of hydrogen-bond acceptors (Lipinski definition) is 4. The van der Waals surface area contributed by atoms with E-state index < -0.39 is 23.7 Å². The molecule has 28 heavy (non-hydrogen) atoms. The smallest absolute Gasteiger partial charge is 0.331 e. The molecule has 0 atom stereocenters. The van der Waals surface area contributed by atoms with Crippen LogP contribution in [0.3, 0.4) is 0 Å². The van der Waals surface area contributed by atoms with Crippen LogP contribution < -0.4 is 21.3 Å². The maximum atomic E-state index is 13.0. The van der Waals surface area contributed by atoms with E-state index in [-0.39, 0.29) is 12.4 Å². The summed E-state index contributed by atoms with van der Waals surface area (Å²) in [5, 5.41) is 2.63. The van der Waals surface area contributed by atoms with Crippen molar-refractivity contribution in [2.45, 2.75) is 13.1 Å². The Labute approximate surface area is 159 Å². The molecule has 3 rings (SSSR count). The topological polar surface area (TPSA) is 82.3 Å². The molecule has 8 heteroatoms. The summed E-state index contributed by atoms with van der Waals surface area (Å²) < 4.78 is 20.3. The van der Waals surface area contributed by atoms with Crippen LogP contribution in [-0.2, 0) is 17.9 Å². The molecule has 0 aliphatic carbocycles. The van der Waals surface area contributed by atoms with Gasteiger partial charge in [0.2, 0.25) is 5.91 Å². The first kappa shape index (κ1) is 19.1. The summed E-state index contributed by atoms with van der Waals surface area (Å²) in [5.74, 6) is -0.456. The lowest BCUT2D eigenvalue weighted by Gasteiger charge is -2.12. The highest BCUT2D eigenvalue weighted by Gasteiger charge is 2.12. The van der Waals surface area contributed by atoms with E-state index in [1.54, 1.807) is 36.4 Å². The van der Waals surface area contributed by atoms with Gasteiger partial charge in [-0.3, -0.25) is 18.7 Å². The zero-order chi connectivity index (χ0) is 20.1. The number of aromatic nitrogens is 2. The molecule has 0 aliphatic heterocycles. The molecule has 0 fully saturated rings. The summed E-state index contributed by atoms with van der Waals surface area (Å²) in [4.78, 5) is 37.1. The number of hydrogen-bond donors (Lipinski definition) is 1. The molecule has 0 unspecified atom stereocenters. The van der Waals surface area contributed by atoms with E-state index >= 15 is 0 Å². The molecule has 1 amide bonds. The number of anilines is 1.